The molecule has 0 saturated carbocycles. The van der Waals surface area contributed by atoms with Gasteiger partial charge in [-0.3, -0.25) is 19.0 Å². The normalized spacial score (nSPS) is 13.1. The summed E-state index contributed by atoms with van der Waals surface area (Å²) in [5, 5.41) is 2.52. The second kappa shape index (κ2) is 7.62. The van der Waals surface area contributed by atoms with Crippen molar-refractivity contribution in [2.75, 3.05) is 13.6 Å². The molecule has 8 heteroatoms. The van der Waals surface area contributed by atoms with Crippen LogP contribution in [0.5, 0.6) is 0 Å². The van der Waals surface area contributed by atoms with Crippen LogP contribution in [0.4, 0.5) is 4.39 Å². The molecule has 2 amide bonds. The molecular formula is C22H20FN3O4. The highest BCUT2D eigenvalue weighted by atomic mass is 19.1. The van der Waals surface area contributed by atoms with E-state index in [9.17, 15) is 18.8 Å². The van der Waals surface area contributed by atoms with Gasteiger partial charge in [-0.1, -0.05) is 0 Å². The first-order valence-corrected chi connectivity index (χ1v) is 9.49. The van der Waals surface area contributed by atoms with Crippen molar-refractivity contribution in [3.63, 3.8) is 0 Å². The van der Waals surface area contributed by atoms with Crippen molar-refractivity contribution in [1.29, 1.82) is 0 Å². The van der Waals surface area contributed by atoms with Crippen LogP contribution in [0.2, 0.25) is 0 Å². The number of carbonyl (C=O) groups is 2. The molecule has 0 bridgehead atoms. The number of nitrogens with one attached hydrogen (secondary N) is 1. The number of hydrogen-bond acceptors (Lipinski definition) is 4. The average Bonchev–Trinajstić information content (AvgIpc) is 3.18. The Kier molecular flexibility index (Phi) is 4.99. The molecule has 3 heterocycles. The van der Waals surface area contributed by atoms with Gasteiger partial charge in [-0.05, 0) is 54.8 Å². The molecule has 2 aromatic heterocycles. The van der Waals surface area contributed by atoms with Gasteiger partial charge in [-0.2, -0.15) is 0 Å². The van der Waals surface area contributed by atoms with Crippen molar-refractivity contribution in [3.8, 4) is 5.69 Å². The third-order valence-corrected chi connectivity index (χ3v) is 5.30. The zero-order valence-corrected chi connectivity index (χ0v) is 16.6. The number of nitrogens with zero attached hydrogens (tertiary/aromatic N) is 2. The first kappa shape index (κ1) is 19.6. The van der Waals surface area contributed by atoms with Crippen LogP contribution >= 0.6 is 0 Å². The monoisotopic (exact) mass is 409 g/mol. The summed E-state index contributed by atoms with van der Waals surface area (Å²) in [4.78, 5) is 40.1. The lowest BCUT2D eigenvalue weighted by molar-refractivity contribution is 0.0700. The number of amides is 2. The van der Waals surface area contributed by atoms with Crippen LogP contribution in [0.15, 0.2) is 52.0 Å². The van der Waals surface area contributed by atoms with Crippen molar-refractivity contribution < 1.29 is 18.4 Å². The summed E-state index contributed by atoms with van der Waals surface area (Å²) in [7, 11) is 1.46. The second-order valence-corrected chi connectivity index (χ2v) is 7.15. The van der Waals surface area contributed by atoms with Gasteiger partial charge < -0.3 is 14.6 Å². The highest BCUT2D eigenvalue weighted by Gasteiger charge is 2.29. The average molecular weight is 409 g/mol. The summed E-state index contributed by atoms with van der Waals surface area (Å²) in [5.41, 5.74) is 2.04. The van der Waals surface area contributed by atoms with Crippen LogP contribution in [0, 0.1) is 12.7 Å². The molecule has 7 nitrogen and oxygen atoms in total. The molecule has 0 unspecified atom stereocenters. The summed E-state index contributed by atoms with van der Waals surface area (Å²) in [6, 6.07) is 7.15. The number of benzene rings is 1. The summed E-state index contributed by atoms with van der Waals surface area (Å²) in [6.07, 6.45) is 3.45. The maximum atomic E-state index is 13.3. The number of halogens is 1. The van der Waals surface area contributed by atoms with Gasteiger partial charge in [-0.25, -0.2) is 4.39 Å². The third-order valence-electron chi connectivity index (χ3n) is 5.30. The van der Waals surface area contributed by atoms with Crippen LogP contribution < -0.4 is 10.9 Å². The van der Waals surface area contributed by atoms with Crippen LogP contribution in [0.1, 0.15) is 37.6 Å². The van der Waals surface area contributed by atoms with E-state index in [0.717, 1.165) is 5.56 Å². The topological polar surface area (TPSA) is 84.5 Å². The number of fused-ring (bicyclic) bond motifs is 1. The molecule has 0 atom stereocenters. The van der Waals surface area contributed by atoms with E-state index in [1.165, 1.54) is 42.1 Å². The number of furan rings is 1. The summed E-state index contributed by atoms with van der Waals surface area (Å²) < 4.78 is 20.0. The standard InChI is InChI=1S/C22H20FN3O4/c1-13-8-10-30-19(13)22(29)25-9-7-17-14(11-25)12-26(16-5-3-15(23)4-6-16)21(28)18(17)20(27)24-2/h3-6,8,10,12H,7,9,11H2,1-2H3,(H,24,27). The Labute approximate surface area is 171 Å². The predicted molar refractivity (Wildman–Crippen MR) is 107 cm³/mol. The zero-order chi connectivity index (χ0) is 21.4. The lowest BCUT2D eigenvalue weighted by Crippen LogP contribution is -2.40. The molecule has 154 valence electrons. The summed E-state index contributed by atoms with van der Waals surface area (Å²) in [5.74, 6) is -0.891. The van der Waals surface area contributed by atoms with E-state index >= 15 is 0 Å². The van der Waals surface area contributed by atoms with Gasteiger partial charge in [0.05, 0.1) is 6.26 Å². The van der Waals surface area contributed by atoms with Crippen molar-refractivity contribution in [2.24, 2.45) is 0 Å². The van der Waals surface area contributed by atoms with E-state index < -0.39 is 17.3 Å². The smallest absolute Gasteiger partial charge is 0.290 e. The van der Waals surface area contributed by atoms with E-state index in [2.05, 4.69) is 5.32 Å². The molecule has 0 radical (unpaired) electrons. The molecule has 0 spiro atoms. The number of aromatic nitrogens is 1. The van der Waals surface area contributed by atoms with Gasteiger partial charge in [0, 0.05) is 37.6 Å². The van der Waals surface area contributed by atoms with E-state index in [4.69, 9.17) is 4.42 Å². The predicted octanol–water partition coefficient (Wildman–Crippen LogP) is 2.44. The van der Waals surface area contributed by atoms with Crippen molar-refractivity contribution in [1.82, 2.24) is 14.8 Å². The van der Waals surface area contributed by atoms with E-state index in [0.29, 0.717) is 29.8 Å². The molecule has 4 rings (SSSR count). The minimum absolute atomic E-state index is 0.0422. The summed E-state index contributed by atoms with van der Waals surface area (Å²) in [6.45, 7) is 2.38. The van der Waals surface area contributed by atoms with Gasteiger partial charge in [0.1, 0.15) is 11.4 Å². The minimum Gasteiger partial charge on any atom is -0.459 e. The molecule has 3 aromatic rings. The number of rotatable bonds is 3. The zero-order valence-electron chi connectivity index (χ0n) is 16.6. The highest BCUT2D eigenvalue weighted by Crippen LogP contribution is 2.24. The third kappa shape index (κ3) is 3.30. The van der Waals surface area contributed by atoms with Crippen molar-refractivity contribution in [3.05, 3.63) is 87.0 Å². The molecule has 0 saturated heterocycles. The first-order chi connectivity index (χ1) is 14.4. The van der Waals surface area contributed by atoms with E-state index in [-0.39, 0.29) is 23.8 Å². The quantitative estimate of drug-likeness (QED) is 0.720. The molecule has 1 aromatic carbocycles. The Hall–Kier alpha value is -3.68. The SMILES string of the molecule is CNC(=O)c1c2c(cn(-c3ccc(F)cc3)c1=O)CN(C(=O)c1occc1C)CC2. The van der Waals surface area contributed by atoms with Gasteiger partial charge in [0.25, 0.3) is 17.4 Å². The Bertz CT molecular complexity index is 1190. The summed E-state index contributed by atoms with van der Waals surface area (Å²) >= 11 is 0. The van der Waals surface area contributed by atoms with Crippen molar-refractivity contribution >= 4 is 11.8 Å². The fourth-order valence-electron chi connectivity index (χ4n) is 3.72. The highest BCUT2D eigenvalue weighted by molar-refractivity contribution is 5.96. The molecule has 1 aliphatic rings. The van der Waals surface area contributed by atoms with Gasteiger partial charge in [0.2, 0.25) is 0 Å². The Balaban J connectivity index is 1.81. The number of hydrogen-bond donors (Lipinski definition) is 1. The number of pyridine rings is 1. The maximum absolute atomic E-state index is 13.3. The Morgan fingerprint density at radius 3 is 2.53 bits per heavy atom. The molecule has 1 N–H and O–H groups in total. The molecule has 0 fully saturated rings. The molecule has 30 heavy (non-hydrogen) atoms. The first-order valence-electron chi connectivity index (χ1n) is 9.49. The van der Waals surface area contributed by atoms with Crippen LogP contribution in [-0.2, 0) is 13.0 Å². The largest absolute Gasteiger partial charge is 0.459 e. The maximum Gasteiger partial charge on any atom is 0.290 e. The second-order valence-electron chi connectivity index (χ2n) is 7.15. The Morgan fingerprint density at radius 1 is 1.17 bits per heavy atom. The molecule has 0 aliphatic carbocycles. The fourth-order valence-corrected chi connectivity index (χ4v) is 3.72. The lowest BCUT2D eigenvalue weighted by Gasteiger charge is -2.30. The van der Waals surface area contributed by atoms with Crippen LogP contribution in [-0.4, -0.2) is 34.9 Å². The van der Waals surface area contributed by atoms with Gasteiger partial charge in [0.15, 0.2) is 5.76 Å². The minimum atomic E-state index is -0.491. The van der Waals surface area contributed by atoms with E-state index in [1.54, 1.807) is 24.1 Å². The van der Waals surface area contributed by atoms with Crippen LogP contribution in [0.3, 0.4) is 0 Å². The van der Waals surface area contributed by atoms with E-state index in [1.807, 2.05) is 0 Å². The lowest BCUT2D eigenvalue weighted by atomic mass is 9.95. The van der Waals surface area contributed by atoms with Crippen molar-refractivity contribution in [2.45, 2.75) is 19.9 Å². The molecular weight excluding hydrogens is 389 g/mol. The number of aryl methyl sites for hydroxylation is 1. The molecule has 1 aliphatic heterocycles. The Morgan fingerprint density at radius 2 is 1.90 bits per heavy atom. The van der Waals surface area contributed by atoms with Crippen LogP contribution in [0.25, 0.3) is 5.69 Å². The van der Waals surface area contributed by atoms with Gasteiger partial charge in [-0.15, -0.1) is 0 Å². The fraction of sp³-hybridized carbons (Fsp3) is 0.227. The number of carbonyl (C=O) groups excluding carboxylic acids is 2. The van der Waals surface area contributed by atoms with Gasteiger partial charge >= 0.3 is 0 Å².